The van der Waals surface area contributed by atoms with Gasteiger partial charge >= 0.3 is 6.18 Å². The zero-order valence-corrected chi connectivity index (χ0v) is 19.8. The molecule has 1 aliphatic carbocycles. The second kappa shape index (κ2) is 14.3. The predicted molar refractivity (Wildman–Crippen MR) is 132 cm³/mol. The van der Waals surface area contributed by atoms with Crippen LogP contribution < -0.4 is 11.5 Å². The van der Waals surface area contributed by atoms with Crippen molar-refractivity contribution in [3.05, 3.63) is 60.1 Å². The second-order valence-electron chi connectivity index (χ2n) is 7.51. The second-order valence-corrected chi connectivity index (χ2v) is 7.51. The van der Waals surface area contributed by atoms with Gasteiger partial charge in [-0.25, -0.2) is 4.98 Å². The van der Waals surface area contributed by atoms with E-state index in [-0.39, 0.29) is 11.2 Å². The van der Waals surface area contributed by atoms with Crippen molar-refractivity contribution in [2.75, 3.05) is 12.8 Å². The highest BCUT2D eigenvalue weighted by atomic mass is 19.4. The van der Waals surface area contributed by atoms with Crippen LogP contribution in [0.25, 0.3) is 17.0 Å². The molecule has 182 valence electrons. The van der Waals surface area contributed by atoms with Gasteiger partial charge in [0.2, 0.25) is 0 Å². The van der Waals surface area contributed by atoms with Crippen molar-refractivity contribution in [1.29, 1.82) is 0 Å². The van der Waals surface area contributed by atoms with Gasteiger partial charge in [0.1, 0.15) is 5.69 Å². The van der Waals surface area contributed by atoms with Gasteiger partial charge in [0.05, 0.1) is 11.2 Å². The molecule has 2 aromatic heterocycles. The van der Waals surface area contributed by atoms with E-state index in [0.717, 1.165) is 23.9 Å². The fourth-order valence-corrected chi connectivity index (χ4v) is 3.35. The molecule has 1 aliphatic rings. The van der Waals surface area contributed by atoms with Crippen molar-refractivity contribution in [3.63, 3.8) is 0 Å². The Labute approximate surface area is 194 Å². The Hall–Kier alpha value is -2.87. The number of alkyl halides is 3. The van der Waals surface area contributed by atoms with E-state index in [1.807, 2.05) is 17.7 Å². The lowest BCUT2D eigenvalue weighted by molar-refractivity contribution is -0.140. The lowest BCUT2D eigenvalue weighted by Gasteiger charge is -2.09. The Morgan fingerprint density at radius 3 is 2.06 bits per heavy atom. The van der Waals surface area contributed by atoms with Crippen LogP contribution in [0.4, 0.5) is 18.9 Å². The summed E-state index contributed by atoms with van der Waals surface area (Å²) in [5, 5.41) is 4.60. The normalized spacial score (nSPS) is 12.9. The molecule has 0 bridgehead atoms. The van der Waals surface area contributed by atoms with Crippen LogP contribution in [-0.4, -0.2) is 21.8 Å². The van der Waals surface area contributed by atoms with E-state index in [2.05, 4.69) is 29.3 Å². The van der Waals surface area contributed by atoms with Crippen LogP contribution in [0, 0.1) is 6.92 Å². The summed E-state index contributed by atoms with van der Waals surface area (Å²) in [6.07, 6.45) is 8.12. The first-order valence-electron chi connectivity index (χ1n) is 11.2. The minimum Gasteiger partial charge on any atom is -0.398 e. The van der Waals surface area contributed by atoms with Crippen LogP contribution in [0.2, 0.25) is 0 Å². The highest BCUT2D eigenvalue weighted by Crippen LogP contribution is 2.32. The van der Waals surface area contributed by atoms with E-state index >= 15 is 0 Å². The first-order valence-corrected chi connectivity index (χ1v) is 11.2. The molecule has 0 aliphatic heterocycles. The van der Waals surface area contributed by atoms with E-state index in [1.165, 1.54) is 51.6 Å². The van der Waals surface area contributed by atoms with Crippen LogP contribution in [0.1, 0.15) is 62.4 Å². The molecular formula is C25H36F3N5. The molecule has 33 heavy (non-hydrogen) atoms. The summed E-state index contributed by atoms with van der Waals surface area (Å²) < 4.78 is 39.3. The van der Waals surface area contributed by atoms with Crippen molar-refractivity contribution in [2.24, 2.45) is 5.73 Å². The average Bonchev–Trinajstić information content (AvgIpc) is 3.30. The summed E-state index contributed by atoms with van der Waals surface area (Å²) in [5.41, 5.74) is 11.5. The van der Waals surface area contributed by atoms with Gasteiger partial charge in [-0.05, 0) is 51.2 Å². The molecule has 4 N–H and O–H groups in total. The molecule has 2 heterocycles. The number of pyridine rings is 1. The molecule has 4 rings (SSSR count). The summed E-state index contributed by atoms with van der Waals surface area (Å²) in [4.78, 5) is 3.54. The van der Waals surface area contributed by atoms with Crippen molar-refractivity contribution < 1.29 is 13.2 Å². The monoisotopic (exact) mass is 463 g/mol. The van der Waals surface area contributed by atoms with E-state index in [4.69, 9.17) is 5.73 Å². The molecule has 1 aromatic carbocycles. The number of nitrogen functional groups attached to an aromatic ring is 1. The highest BCUT2D eigenvalue weighted by molar-refractivity contribution is 5.90. The number of rotatable bonds is 2. The number of halogens is 3. The van der Waals surface area contributed by atoms with Gasteiger partial charge in [-0.1, -0.05) is 56.7 Å². The summed E-state index contributed by atoms with van der Waals surface area (Å²) in [5.74, 6) is 0. The molecule has 3 aromatic rings. The van der Waals surface area contributed by atoms with Gasteiger partial charge in [-0.3, -0.25) is 4.68 Å². The number of benzene rings is 1. The van der Waals surface area contributed by atoms with E-state index in [1.54, 1.807) is 24.4 Å². The van der Waals surface area contributed by atoms with Crippen molar-refractivity contribution >= 4 is 22.7 Å². The first-order chi connectivity index (χ1) is 15.8. The topological polar surface area (TPSA) is 82.8 Å². The molecule has 1 saturated carbocycles. The lowest BCUT2D eigenvalue weighted by atomic mass is 10.0. The van der Waals surface area contributed by atoms with Gasteiger partial charge in [0, 0.05) is 23.8 Å². The molecule has 5 nitrogen and oxygen atoms in total. The van der Waals surface area contributed by atoms with Gasteiger partial charge < -0.3 is 11.5 Å². The quantitative estimate of drug-likeness (QED) is 0.448. The number of aromatic nitrogens is 3. The lowest BCUT2D eigenvalue weighted by Crippen LogP contribution is -2.09. The summed E-state index contributed by atoms with van der Waals surface area (Å²) in [6.45, 7) is 8.46. The first kappa shape index (κ1) is 28.2. The zero-order valence-electron chi connectivity index (χ0n) is 19.8. The Bertz CT molecular complexity index is 964. The van der Waals surface area contributed by atoms with Gasteiger partial charge in [0.15, 0.2) is 0 Å². The molecule has 0 unspecified atom stereocenters. The maximum atomic E-state index is 12.5. The van der Waals surface area contributed by atoms with Crippen LogP contribution in [-0.2, 0) is 12.7 Å². The largest absolute Gasteiger partial charge is 0.433 e. The molecule has 0 radical (unpaired) electrons. The number of nitrogens with two attached hydrogens (primary N) is 2. The zero-order chi connectivity index (χ0) is 24.9. The number of nitrogens with zero attached hydrogens (tertiary/aromatic N) is 3. The van der Waals surface area contributed by atoms with E-state index in [9.17, 15) is 13.2 Å². The minimum absolute atomic E-state index is 0.0982. The molecule has 0 spiro atoms. The minimum atomic E-state index is -4.47. The number of anilines is 1. The number of hydrogen-bond acceptors (Lipinski definition) is 4. The molecule has 1 fully saturated rings. The SMILES string of the molecule is C1CCCCC1.C=Cc1ccnn1CC.CN.Cc1ccc2nc(C(F)(F)F)cc(N)c2c1. The van der Waals surface area contributed by atoms with Crippen molar-refractivity contribution in [1.82, 2.24) is 14.8 Å². The highest BCUT2D eigenvalue weighted by Gasteiger charge is 2.33. The van der Waals surface area contributed by atoms with E-state index < -0.39 is 11.9 Å². The number of aryl methyl sites for hydroxylation is 2. The van der Waals surface area contributed by atoms with Crippen LogP contribution in [0.3, 0.4) is 0 Å². The molecular weight excluding hydrogens is 427 g/mol. The summed E-state index contributed by atoms with van der Waals surface area (Å²) >= 11 is 0. The van der Waals surface area contributed by atoms with Gasteiger partial charge in [0.25, 0.3) is 0 Å². The smallest absolute Gasteiger partial charge is 0.398 e. The molecule has 0 saturated heterocycles. The van der Waals surface area contributed by atoms with Crippen LogP contribution >= 0.6 is 0 Å². The summed E-state index contributed by atoms with van der Waals surface area (Å²) in [7, 11) is 1.50. The molecule has 0 amide bonds. The third-order valence-corrected chi connectivity index (χ3v) is 5.04. The van der Waals surface area contributed by atoms with Gasteiger partial charge in [-0.15, -0.1) is 0 Å². The van der Waals surface area contributed by atoms with Crippen molar-refractivity contribution in [2.45, 2.75) is 65.1 Å². The van der Waals surface area contributed by atoms with Crippen LogP contribution in [0.5, 0.6) is 0 Å². The maximum Gasteiger partial charge on any atom is 0.433 e. The molecule has 0 atom stereocenters. The Morgan fingerprint density at radius 2 is 1.61 bits per heavy atom. The molecule has 8 heteroatoms. The maximum absolute atomic E-state index is 12.5. The predicted octanol–water partition coefficient (Wildman–Crippen LogP) is 6.61. The third-order valence-electron chi connectivity index (χ3n) is 5.04. The Balaban J connectivity index is 0.000000269. The third kappa shape index (κ3) is 9.26. The fourth-order valence-electron chi connectivity index (χ4n) is 3.35. The fraction of sp³-hybridized carbons (Fsp3) is 0.440. The van der Waals surface area contributed by atoms with Gasteiger partial charge in [-0.2, -0.15) is 18.3 Å². The number of hydrogen-bond donors (Lipinski definition) is 2. The Morgan fingerprint density at radius 1 is 1.03 bits per heavy atom. The van der Waals surface area contributed by atoms with E-state index in [0.29, 0.717) is 5.39 Å². The number of fused-ring (bicyclic) bond motifs is 1. The van der Waals surface area contributed by atoms with Crippen molar-refractivity contribution in [3.8, 4) is 0 Å². The average molecular weight is 464 g/mol. The standard InChI is InChI=1S/C11H9F3N2.C7H10N2.C6H12.CH5N/c1-6-2-3-9-7(4-6)8(15)5-10(16-9)11(12,13)14;1-3-7-5-6-8-9(7)4-2;1-2-4-6-5-3-1;1-2/h2-5H,1H3,(H2,15,16);3,5-6H,1,4H2,2H3;1-6H2;2H2,1H3. The van der Waals surface area contributed by atoms with Crippen LogP contribution in [0.15, 0.2) is 43.1 Å². The summed E-state index contributed by atoms with van der Waals surface area (Å²) in [6, 6.07) is 7.77. The Kier molecular flexibility index (Phi) is 12.2.